The molecule has 0 amide bonds. The fourth-order valence-electron chi connectivity index (χ4n) is 1.74. The number of anilines is 2. The lowest BCUT2D eigenvalue weighted by molar-refractivity contribution is -0.0924. The van der Waals surface area contributed by atoms with Crippen molar-refractivity contribution in [2.75, 3.05) is 36.1 Å². The van der Waals surface area contributed by atoms with E-state index in [4.69, 9.17) is 4.74 Å². The van der Waals surface area contributed by atoms with Crippen LogP contribution in [0, 0.1) is 5.41 Å². The molecular formula is C12H18N2O3S. The lowest BCUT2D eigenvalue weighted by Crippen LogP contribution is -2.45. The second-order valence-electron chi connectivity index (χ2n) is 5.11. The molecule has 1 saturated heterocycles. The molecule has 0 atom stereocenters. The summed E-state index contributed by atoms with van der Waals surface area (Å²) in [6.07, 6.45) is 1.14. The molecule has 0 aromatic heterocycles. The Labute approximate surface area is 108 Å². The van der Waals surface area contributed by atoms with Crippen LogP contribution in [0.25, 0.3) is 0 Å². The molecule has 1 heterocycles. The van der Waals surface area contributed by atoms with E-state index in [0.717, 1.165) is 31.7 Å². The molecule has 18 heavy (non-hydrogen) atoms. The van der Waals surface area contributed by atoms with Crippen LogP contribution in [0.15, 0.2) is 24.3 Å². The molecule has 1 aromatic carbocycles. The van der Waals surface area contributed by atoms with Crippen molar-refractivity contribution in [3.63, 3.8) is 0 Å². The summed E-state index contributed by atoms with van der Waals surface area (Å²) in [6.45, 7) is 4.59. The van der Waals surface area contributed by atoms with E-state index in [9.17, 15) is 8.42 Å². The van der Waals surface area contributed by atoms with E-state index < -0.39 is 10.0 Å². The van der Waals surface area contributed by atoms with Crippen molar-refractivity contribution in [2.24, 2.45) is 5.41 Å². The van der Waals surface area contributed by atoms with E-state index in [2.05, 4.69) is 17.0 Å². The summed E-state index contributed by atoms with van der Waals surface area (Å²) in [5.41, 5.74) is 1.76. The summed E-state index contributed by atoms with van der Waals surface area (Å²) in [7, 11) is -3.21. The summed E-state index contributed by atoms with van der Waals surface area (Å²) in [4.78, 5) is 0. The first-order valence-corrected chi connectivity index (χ1v) is 7.65. The highest BCUT2D eigenvalue weighted by atomic mass is 32.2. The van der Waals surface area contributed by atoms with Gasteiger partial charge in [0.2, 0.25) is 10.0 Å². The number of sulfonamides is 1. The van der Waals surface area contributed by atoms with E-state index in [1.807, 2.05) is 12.1 Å². The Morgan fingerprint density at radius 3 is 2.22 bits per heavy atom. The monoisotopic (exact) mass is 270 g/mol. The fourth-order valence-corrected chi connectivity index (χ4v) is 2.30. The second kappa shape index (κ2) is 4.78. The average Bonchev–Trinajstić information content (AvgIpc) is 2.23. The first kappa shape index (κ1) is 13.2. The number of hydrogen-bond donors (Lipinski definition) is 2. The Kier molecular flexibility index (Phi) is 3.49. The Hall–Kier alpha value is -1.27. The van der Waals surface area contributed by atoms with Gasteiger partial charge in [0.15, 0.2) is 0 Å². The van der Waals surface area contributed by atoms with Crippen LogP contribution in [-0.4, -0.2) is 34.4 Å². The standard InChI is InChI=1S/C12H18N2O3S/c1-12(8-17-9-12)7-13-10-3-5-11(6-4-10)14-18(2,15)16/h3-6,13-14H,7-9H2,1-2H3. The zero-order chi connectivity index (χ0) is 13.2. The van der Waals surface area contributed by atoms with Gasteiger partial charge in [-0.15, -0.1) is 0 Å². The summed E-state index contributed by atoms with van der Waals surface area (Å²) in [6, 6.07) is 7.19. The van der Waals surface area contributed by atoms with E-state index in [-0.39, 0.29) is 5.41 Å². The predicted molar refractivity (Wildman–Crippen MR) is 72.3 cm³/mol. The van der Waals surface area contributed by atoms with Crippen LogP contribution in [0.3, 0.4) is 0 Å². The van der Waals surface area contributed by atoms with Crippen molar-refractivity contribution in [2.45, 2.75) is 6.92 Å². The fraction of sp³-hybridized carbons (Fsp3) is 0.500. The molecule has 1 aliphatic heterocycles. The van der Waals surface area contributed by atoms with E-state index in [1.54, 1.807) is 12.1 Å². The van der Waals surface area contributed by atoms with Gasteiger partial charge in [-0.25, -0.2) is 8.42 Å². The van der Waals surface area contributed by atoms with Crippen LogP contribution in [0.4, 0.5) is 11.4 Å². The minimum atomic E-state index is -3.21. The van der Waals surface area contributed by atoms with Crippen LogP contribution >= 0.6 is 0 Å². The quantitative estimate of drug-likeness (QED) is 0.851. The molecule has 1 fully saturated rings. The average molecular weight is 270 g/mol. The smallest absolute Gasteiger partial charge is 0.229 e. The lowest BCUT2D eigenvalue weighted by Gasteiger charge is -2.38. The first-order chi connectivity index (χ1) is 8.36. The maximum atomic E-state index is 11.0. The topological polar surface area (TPSA) is 67.4 Å². The third-order valence-electron chi connectivity index (χ3n) is 2.81. The molecule has 0 aliphatic carbocycles. The number of rotatable bonds is 5. The first-order valence-electron chi connectivity index (χ1n) is 5.76. The molecule has 5 nitrogen and oxygen atoms in total. The Morgan fingerprint density at radius 1 is 1.22 bits per heavy atom. The minimum absolute atomic E-state index is 0.212. The molecule has 2 rings (SSSR count). The van der Waals surface area contributed by atoms with Crippen molar-refractivity contribution in [1.29, 1.82) is 0 Å². The normalized spacial score (nSPS) is 17.9. The maximum absolute atomic E-state index is 11.0. The van der Waals surface area contributed by atoms with Crippen molar-refractivity contribution < 1.29 is 13.2 Å². The molecule has 100 valence electrons. The molecule has 1 aromatic rings. The van der Waals surface area contributed by atoms with Gasteiger partial charge in [-0.3, -0.25) is 4.72 Å². The van der Waals surface area contributed by atoms with Gasteiger partial charge in [-0.2, -0.15) is 0 Å². The third-order valence-corrected chi connectivity index (χ3v) is 3.41. The lowest BCUT2D eigenvalue weighted by atomic mass is 9.89. The molecule has 2 N–H and O–H groups in total. The zero-order valence-corrected chi connectivity index (χ0v) is 11.4. The summed E-state index contributed by atoms with van der Waals surface area (Å²) in [5, 5.41) is 3.32. The van der Waals surface area contributed by atoms with Crippen LogP contribution in [0.1, 0.15) is 6.92 Å². The van der Waals surface area contributed by atoms with Gasteiger partial charge in [-0.1, -0.05) is 6.92 Å². The largest absolute Gasteiger partial charge is 0.384 e. The summed E-state index contributed by atoms with van der Waals surface area (Å²) >= 11 is 0. The molecule has 0 bridgehead atoms. The van der Waals surface area contributed by atoms with Gasteiger partial charge in [-0.05, 0) is 24.3 Å². The molecule has 0 saturated carbocycles. The summed E-state index contributed by atoms with van der Waals surface area (Å²) < 4.78 is 29.7. The zero-order valence-electron chi connectivity index (χ0n) is 10.6. The molecule has 0 spiro atoms. The third kappa shape index (κ3) is 3.61. The molecular weight excluding hydrogens is 252 g/mol. The van der Waals surface area contributed by atoms with Crippen LogP contribution < -0.4 is 10.0 Å². The number of ether oxygens (including phenoxy) is 1. The van der Waals surface area contributed by atoms with E-state index in [0.29, 0.717) is 5.69 Å². The molecule has 0 radical (unpaired) electrons. The highest BCUT2D eigenvalue weighted by Crippen LogP contribution is 2.27. The molecule has 6 heteroatoms. The Balaban J connectivity index is 1.91. The SMILES string of the molecule is CC1(CNc2ccc(NS(C)(=O)=O)cc2)COC1. The van der Waals surface area contributed by atoms with Crippen molar-refractivity contribution in [3.05, 3.63) is 24.3 Å². The second-order valence-corrected chi connectivity index (χ2v) is 6.86. The van der Waals surface area contributed by atoms with Crippen molar-refractivity contribution in [3.8, 4) is 0 Å². The molecule has 0 unspecified atom stereocenters. The molecule has 1 aliphatic rings. The predicted octanol–water partition coefficient (Wildman–Crippen LogP) is 1.51. The van der Waals surface area contributed by atoms with E-state index in [1.165, 1.54) is 0 Å². The highest BCUT2D eigenvalue weighted by molar-refractivity contribution is 7.92. The number of nitrogens with one attached hydrogen (secondary N) is 2. The van der Waals surface area contributed by atoms with Gasteiger partial charge < -0.3 is 10.1 Å². The van der Waals surface area contributed by atoms with Crippen LogP contribution in [0.2, 0.25) is 0 Å². The Morgan fingerprint density at radius 2 is 1.78 bits per heavy atom. The number of hydrogen-bond acceptors (Lipinski definition) is 4. The van der Waals surface area contributed by atoms with Crippen LogP contribution in [0.5, 0.6) is 0 Å². The maximum Gasteiger partial charge on any atom is 0.229 e. The van der Waals surface area contributed by atoms with Crippen molar-refractivity contribution >= 4 is 21.4 Å². The van der Waals surface area contributed by atoms with Crippen LogP contribution in [-0.2, 0) is 14.8 Å². The van der Waals surface area contributed by atoms with Gasteiger partial charge in [0.25, 0.3) is 0 Å². The van der Waals surface area contributed by atoms with Gasteiger partial charge in [0.1, 0.15) is 0 Å². The van der Waals surface area contributed by atoms with Crippen molar-refractivity contribution in [1.82, 2.24) is 0 Å². The number of benzene rings is 1. The van der Waals surface area contributed by atoms with Gasteiger partial charge in [0, 0.05) is 23.3 Å². The van der Waals surface area contributed by atoms with Gasteiger partial charge in [0.05, 0.1) is 19.5 Å². The summed E-state index contributed by atoms with van der Waals surface area (Å²) in [5.74, 6) is 0. The highest BCUT2D eigenvalue weighted by Gasteiger charge is 2.32. The van der Waals surface area contributed by atoms with Gasteiger partial charge >= 0.3 is 0 Å². The Bertz CT molecular complexity index is 507. The van der Waals surface area contributed by atoms with E-state index >= 15 is 0 Å². The minimum Gasteiger partial charge on any atom is -0.384 e.